The zero-order valence-corrected chi connectivity index (χ0v) is 16.3. The largest absolute Gasteiger partial charge is 0.358 e. The first-order chi connectivity index (χ1) is 13.6. The van der Waals surface area contributed by atoms with Gasteiger partial charge in [-0.3, -0.25) is 0 Å². The number of hydrazone groups is 1. The van der Waals surface area contributed by atoms with Crippen molar-refractivity contribution < 1.29 is 14.1 Å². The molecule has 0 aromatic heterocycles. The second kappa shape index (κ2) is 9.32. The first-order valence-corrected chi connectivity index (χ1v) is 9.61. The molecule has 0 spiro atoms. The molecule has 6 nitrogen and oxygen atoms in total. The number of likely N-dealkylation sites (N-methyl/N-ethyl adjacent to an activating group) is 1. The summed E-state index contributed by atoms with van der Waals surface area (Å²) < 4.78 is 14.7. The molecule has 1 aliphatic rings. The second-order valence-electron chi connectivity index (χ2n) is 6.89. The van der Waals surface area contributed by atoms with Crippen LogP contribution in [0.5, 0.6) is 0 Å². The first kappa shape index (κ1) is 19.8. The number of urea groups is 1. The quantitative estimate of drug-likeness (QED) is 0.546. The SMILES string of the molecule is CC[NH+]1CCN(c2ccc(/C(C)=N\NC(=O)Nc3ccccc3)cc2F)CC1. The standard InChI is InChI=1S/C21H26FN5O/c1-3-26-11-13-27(14-12-26)20-10-9-17(15-19(20)22)16(2)24-25-21(28)23-18-7-5-4-6-8-18/h4-10,15H,3,11-14H2,1-2H3,(H2,23,25,28)/p+1/b24-16-. The van der Waals surface area contributed by atoms with E-state index in [1.54, 1.807) is 30.0 Å². The molecule has 1 saturated heterocycles. The van der Waals surface area contributed by atoms with E-state index in [4.69, 9.17) is 0 Å². The van der Waals surface area contributed by atoms with Crippen molar-refractivity contribution in [3.8, 4) is 0 Å². The van der Waals surface area contributed by atoms with Gasteiger partial charge in [-0.1, -0.05) is 24.3 Å². The van der Waals surface area contributed by atoms with E-state index >= 15 is 0 Å². The van der Waals surface area contributed by atoms with Crippen molar-refractivity contribution in [2.45, 2.75) is 13.8 Å². The number of piperazine rings is 1. The molecule has 28 heavy (non-hydrogen) atoms. The molecular weight excluding hydrogens is 357 g/mol. The number of amides is 2. The lowest BCUT2D eigenvalue weighted by atomic mass is 10.1. The minimum atomic E-state index is -0.445. The molecule has 0 radical (unpaired) electrons. The first-order valence-electron chi connectivity index (χ1n) is 9.61. The Morgan fingerprint density at radius 3 is 2.54 bits per heavy atom. The highest BCUT2D eigenvalue weighted by Crippen LogP contribution is 2.21. The molecule has 3 rings (SSSR count). The van der Waals surface area contributed by atoms with Gasteiger partial charge in [0.25, 0.3) is 0 Å². The van der Waals surface area contributed by atoms with Crippen molar-refractivity contribution in [3.63, 3.8) is 0 Å². The van der Waals surface area contributed by atoms with Crippen LogP contribution in [-0.2, 0) is 0 Å². The Labute approximate surface area is 165 Å². The van der Waals surface area contributed by atoms with E-state index in [1.807, 2.05) is 24.3 Å². The molecule has 2 amide bonds. The minimum Gasteiger partial charge on any atom is -0.358 e. The van der Waals surface area contributed by atoms with Crippen molar-refractivity contribution in [1.29, 1.82) is 0 Å². The highest BCUT2D eigenvalue weighted by atomic mass is 19.1. The van der Waals surface area contributed by atoms with Gasteiger partial charge in [-0.05, 0) is 38.1 Å². The summed E-state index contributed by atoms with van der Waals surface area (Å²) in [6, 6.07) is 13.8. The minimum absolute atomic E-state index is 0.263. The van der Waals surface area contributed by atoms with Crippen LogP contribution in [0.2, 0.25) is 0 Å². The summed E-state index contributed by atoms with van der Waals surface area (Å²) in [5, 5.41) is 6.75. The molecule has 0 saturated carbocycles. The number of para-hydroxylation sites is 1. The second-order valence-corrected chi connectivity index (χ2v) is 6.89. The van der Waals surface area contributed by atoms with Gasteiger partial charge in [-0.15, -0.1) is 0 Å². The highest BCUT2D eigenvalue weighted by molar-refractivity contribution is 6.00. The zero-order valence-electron chi connectivity index (χ0n) is 16.3. The molecule has 0 atom stereocenters. The highest BCUT2D eigenvalue weighted by Gasteiger charge is 2.21. The molecule has 1 heterocycles. The fourth-order valence-corrected chi connectivity index (χ4v) is 3.29. The Morgan fingerprint density at radius 1 is 1.18 bits per heavy atom. The van der Waals surface area contributed by atoms with E-state index in [-0.39, 0.29) is 5.82 Å². The molecule has 1 fully saturated rings. The summed E-state index contributed by atoms with van der Waals surface area (Å²) in [6.07, 6.45) is 0. The summed E-state index contributed by atoms with van der Waals surface area (Å²) in [5.74, 6) is -0.263. The van der Waals surface area contributed by atoms with Crippen LogP contribution in [0.3, 0.4) is 0 Å². The van der Waals surface area contributed by atoms with E-state index in [1.165, 1.54) is 6.07 Å². The maximum atomic E-state index is 14.7. The van der Waals surface area contributed by atoms with Gasteiger partial charge >= 0.3 is 6.03 Å². The number of carbonyl (C=O) groups is 1. The molecule has 0 unspecified atom stereocenters. The van der Waals surface area contributed by atoms with Gasteiger partial charge < -0.3 is 15.1 Å². The number of hydrogen-bond acceptors (Lipinski definition) is 3. The van der Waals surface area contributed by atoms with Gasteiger partial charge in [0.1, 0.15) is 5.82 Å². The fraction of sp³-hybridized carbons (Fsp3) is 0.333. The van der Waals surface area contributed by atoms with E-state index in [0.29, 0.717) is 22.6 Å². The maximum Gasteiger partial charge on any atom is 0.339 e. The van der Waals surface area contributed by atoms with Gasteiger partial charge in [-0.25, -0.2) is 14.6 Å². The summed E-state index contributed by atoms with van der Waals surface area (Å²) in [7, 11) is 0. The normalized spacial score (nSPS) is 15.4. The van der Waals surface area contributed by atoms with Crippen molar-refractivity contribution in [2.24, 2.45) is 5.10 Å². The number of nitrogens with zero attached hydrogens (tertiary/aromatic N) is 2. The monoisotopic (exact) mass is 384 g/mol. The van der Waals surface area contributed by atoms with E-state index in [2.05, 4.69) is 27.7 Å². The van der Waals surface area contributed by atoms with Crippen LogP contribution in [0.15, 0.2) is 53.6 Å². The Hall–Kier alpha value is -2.93. The molecule has 2 aromatic carbocycles. The van der Waals surface area contributed by atoms with Crippen LogP contribution < -0.4 is 20.5 Å². The van der Waals surface area contributed by atoms with Crippen LogP contribution >= 0.6 is 0 Å². The van der Waals surface area contributed by atoms with Crippen molar-refractivity contribution in [3.05, 3.63) is 59.9 Å². The van der Waals surface area contributed by atoms with Crippen LogP contribution in [0.1, 0.15) is 19.4 Å². The molecule has 0 bridgehead atoms. The van der Waals surface area contributed by atoms with Crippen LogP contribution in [-0.4, -0.2) is 44.5 Å². The molecule has 0 aliphatic carbocycles. The van der Waals surface area contributed by atoms with Gasteiger partial charge in [0.05, 0.1) is 44.1 Å². The molecular formula is C21H27FN5O+. The predicted molar refractivity (Wildman–Crippen MR) is 111 cm³/mol. The van der Waals surface area contributed by atoms with Gasteiger partial charge in [0.15, 0.2) is 0 Å². The summed E-state index contributed by atoms with van der Waals surface area (Å²) in [4.78, 5) is 15.6. The number of benzene rings is 2. The number of quaternary nitrogens is 1. The number of nitrogens with one attached hydrogen (secondary N) is 3. The molecule has 7 heteroatoms. The summed E-state index contributed by atoms with van der Waals surface area (Å²) in [6.45, 7) is 8.78. The number of hydrogen-bond donors (Lipinski definition) is 3. The number of anilines is 2. The third-order valence-electron chi connectivity index (χ3n) is 5.03. The van der Waals surface area contributed by atoms with Crippen molar-refractivity contribution in [1.82, 2.24) is 5.43 Å². The Kier molecular flexibility index (Phi) is 6.60. The predicted octanol–water partition coefficient (Wildman–Crippen LogP) is 2.10. The number of carbonyl (C=O) groups excluding carboxylic acids is 1. The molecule has 2 aromatic rings. The van der Waals surface area contributed by atoms with Gasteiger partial charge in [-0.2, -0.15) is 5.10 Å². The van der Waals surface area contributed by atoms with Crippen LogP contribution in [0.4, 0.5) is 20.6 Å². The zero-order chi connectivity index (χ0) is 19.9. The topological polar surface area (TPSA) is 61.2 Å². The lowest BCUT2D eigenvalue weighted by Crippen LogP contribution is -3.14. The molecule has 148 valence electrons. The van der Waals surface area contributed by atoms with Crippen LogP contribution in [0, 0.1) is 5.82 Å². The number of rotatable bonds is 5. The lowest BCUT2D eigenvalue weighted by Gasteiger charge is -2.33. The number of halogens is 1. The average molecular weight is 384 g/mol. The Bertz CT molecular complexity index is 832. The third kappa shape index (κ3) is 5.07. The maximum absolute atomic E-state index is 14.7. The fourth-order valence-electron chi connectivity index (χ4n) is 3.29. The summed E-state index contributed by atoms with van der Waals surface area (Å²) in [5.41, 5.74) is 4.92. The van der Waals surface area contributed by atoms with E-state index in [9.17, 15) is 9.18 Å². The van der Waals surface area contributed by atoms with Crippen molar-refractivity contribution >= 4 is 23.1 Å². The third-order valence-corrected chi connectivity index (χ3v) is 5.03. The van der Waals surface area contributed by atoms with Crippen LogP contribution in [0.25, 0.3) is 0 Å². The Balaban J connectivity index is 1.61. The van der Waals surface area contributed by atoms with Gasteiger partial charge in [0, 0.05) is 11.3 Å². The summed E-state index contributed by atoms with van der Waals surface area (Å²) >= 11 is 0. The Morgan fingerprint density at radius 2 is 1.89 bits per heavy atom. The lowest BCUT2D eigenvalue weighted by molar-refractivity contribution is -0.898. The van der Waals surface area contributed by atoms with Crippen molar-refractivity contribution in [2.75, 3.05) is 42.9 Å². The smallest absolute Gasteiger partial charge is 0.339 e. The molecule has 1 aliphatic heterocycles. The van der Waals surface area contributed by atoms with E-state index in [0.717, 1.165) is 32.7 Å². The average Bonchev–Trinajstić information content (AvgIpc) is 2.73. The molecule has 3 N–H and O–H groups in total. The van der Waals surface area contributed by atoms with E-state index < -0.39 is 6.03 Å². The van der Waals surface area contributed by atoms with Gasteiger partial charge in [0.2, 0.25) is 0 Å².